The van der Waals surface area contributed by atoms with Crippen LogP contribution in [0.1, 0.15) is 64.4 Å². The van der Waals surface area contributed by atoms with Gasteiger partial charge in [0.2, 0.25) is 0 Å². The molecule has 1 atom stereocenters. The van der Waals surface area contributed by atoms with Gasteiger partial charge in [0.05, 0.1) is 6.61 Å². The highest BCUT2D eigenvalue weighted by molar-refractivity contribution is 5.12. The highest BCUT2D eigenvalue weighted by Crippen LogP contribution is 2.21. The molecule has 0 aliphatic rings. The summed E-state index contributed by atoms with van der Waals surface area (Å²) < 4.78 is 5.23. The van der Waals surface area contributed by atoms with E-state index < -0.39 is 0 Å². The quantitative estimate of drug-likeness (QED) is 0.641. The highest BCUT2D eigenvalue weighted by Gasteiger charge is 2.06. The van der Waals surface area contributed by atoms with E-state index in [2.05, 4.69) is 23.8 Å². The van der Waals surface area contributed by atoms with Gasteiger partial charge in [0.15, 0.2) is 0 Å². The Morgan fingerprint density at radius 3 is 2.41 bits per heavy atom. The van der Waals surface area contributed by atoms with Gasteiger partial charge >= 0.3 is 6.01 Å². The fourth-order valence-corrected chi connectivity index (χ4v) is 1.83. The van der Waals surface area contributed by atoms with Crippen molar-refractivity contribution in [2.24, 2.45) is 0 Å². The third-order valence-electron chi connectivity index (χ3n) is 2.98. The van der Waals surface area contributed by atoms with Gasteiger partial charge in [-0.2, -0.15) is 0 Å². The predicted octanol–water partition coefficient (Wildman–Crippen LogP) is 3.95. The van der Waals surface area contributed by atoms with Crippen LogP contribution < -0.4 is 4.74 Å². The Hall–Kier alpha value is -1.12. The second-order valence-electron chi connectivity index (χ2n) is 4.48. The molecule has 0 N–H and O–H groups in total. The van der Waals surface area contributed by atoms with Gasteiger partial charge in [-0.1, -0.05) is 39.5 Å². The Morgan fingerprint density at radius 1 is 1.12 bits per heavy atom. The third kappa shape index (κ3) is 5.16. The summed E-state index contributed by atoms with van der Waals surface area (Å²) in [5.74, 6) is 0.544. The van der Waals surface area contributed by atoms with Gasteiger partial charge in [-0.05, 0) is 24.8 Å². The number of ether oxygens (including phenoxy) is 1. The molecule has 0 radical (unpaired) electrons. The summed E-state index contributed by atoms with van der Waals surface area (Å²) in [6.45, 7) is 7.04. The van der Waals surface area contributed by atoms with Crippen LogP contribution in [0, 0.1) is 0 Å². The van der Waals surface area contributed by atoms with E-state index in [0.29, 0.717) is 18.5 Å². The lowest BCUT2D eigenvalue weighted by Gasteiger charge is -2.11. The number of nitrogens with zero attached hydrogens (tertiary/aromatic N) is 2. The van der Waals surface area contributed by atoms with Gasteiger partial charge in [0.1, 0.15) is 0 Å². The molecule has 96 valence electrons. The second kappa shape index (κ2) is 8.04. The molecule has 0 saturated carbocycles. The molecule has 1 unspecified atom stereocenters. The minimum Gasteiger partial charge on any atom is -0.464 e. The Morgan fingerprint density at radius 2 is 1.82 bits per heavy atom. The van der Waals surface area contributed by atoms with E-state index in [9.17, 15) is 0 Å². The lowest BCUT2D eigenvalue weighted by atomic mass is 9.97. The van der Waals surface area contributed by atoms with Crippen LogP contribution in [0.15, 0.2) is 12.4 Å². The van der Waals surface area contributed by atoms with E-state index in [-0.39, 0.29) is 0 Å². The van der Waals surface area contributed by atoms with Crippen LogP contribution in [0.3, 0.4) is 0 Å². The first-order valence-corrected chi connectivity index (χ1v) is 6.72. The molecule has 0 fully saturated rings. The molecule has 0 aliphatic heterocycles. The average molecular weight is 236 g/mol. The SMILES string of the molecule is CCCCCCC(C)c1cnc(OCC)nc1. The van der Waals surface area contributed by atoms with E-state index in [1.165, 1.54) is 37.7 Å². The van der Waals surface area contributed by atoms with Crippen molar-refractivity contribution in [3.8, 4) is 6.01 Å². The van der Waals surface area contributed by atoms with Gasteiger partial charge in [-0.25, -0.2) is 9.97 Å². The van der Waals surface area contributed by atoms with Gasteiger partial charge < -0.3 is 4.74 Å². The van der Waals surface area contributed by atoms with Crippen LogP contribution >= 0.6 is 0 Å². The van der Waals surface area contributed by atoms with Crippen LogP contribution in [0.4, 0.5) is 0 Å². The van der Waals surface area contributed by atoms with Crippen molar-refractivity contribution in [3.05, 3.63) is 18.0 Å². The molecule has 1 rings (SSSR count). The van der Waals surface area contributed by atoms with Crippen molar-refractivity contribution in [2.45, 2.75) is 58.8 Å². The van der Waals surface area contributed by atoms with Gasteiger partial charge in [0, 0.05) is 12.4 Å². The molecular weight excluding hydrogens is 212 g/mol. The normalized spacial score (nSPS) is 12.4. The van der Waals surface area contributed by atoms with Gasteiger partial charge in [0.25, 0.3) is 0 Å². The zero-order valence-corrected chi connectivity index (χ0v) is 11.3. The van der Waals surface area contributed by atoms with E-state index in [4.69, 9.17) is 4.74 Å². The Bertz CT molecular complexity index is 298. The van der Waals surface area contributed by atoms with Crippen molar-refractivity contribution < 1.29 is 4.74 Å². The predicted molar refractivity (Wildman–Crippen MR) is 70.4 cm³/mol. The van der Waals surface area contributed by atoms with Crippen molar-refractivity contribution >= 4 is 0 Å². The summed E-state index contributed by atoms with van der Waals surface area (Å²) in [5.41, 5.74) is 1.21. The summed E-state index contributed by atoms with van der Waals surface area (Å²) in [6.07, 6.45) is 10.3. The van der Waals surface area contributed by atoms with Gasteiger partial charge in [-0.3, -0.25) is 0 Å². The fourth-order valence-electron chi connectivity index (χ4n) is 1.83. The summed E-state index contributed by atoms with van der Waals surface area (Å²) in [4.78, 5) is 8.40. The molecule has 0 saturated heterocycles. The average Bonchev–Trinajstić information content (AvgIpc) is 2.36. The number of hydrogen-bond donors (Lipinski definition) is 0. The van der Waals surface area contributed by atoms with Crippen molar-refractivity contribution in [3.63, 3.8) is 0 Å². The summed E-state index contributed by atoms with van der Waals surface area (Å²) in [7, 11) is 0. The maximum Gasteiger partial charge on any atom is 0.316 e. The van der Waals surface area contributed by atoms with Crippen LogP contribution in [0.5, 0.6) is 6.01 Å². The lowest BCUT2D eigenvalue weighted by molar-refractivity contribution is 0.312. The fraction of sp³-hybridized carbons (Fsp3) is 0.714. The van der Waals surface area contributed by atoms with Crippen LogP contribution in [-0.4, -0.2) is 16.6 Å². The molecule has 1 aromatic heterocycles. The minimum absolute atomic E-state index is 0.481. The minimum atomic E-state index is 0.481. The number of rotatable bonds is 8. The maximum absolute atomic E-state index is 5.23. The summed E-state index contributed by atoms with van der Waals surface area (Å²) in [6, 6.07) is 0.481. The summed E-state index contributed by atoms with van der Waals surface area (Å²) in [5, 5.41) is 0. The Balaban J connectivity index is 2.37. The highest BCUT2D eigenvalue weighted by atomic mass is 16.5. The largest absolute Gasteiger partial charge is 0.464 e. The Kier molecular flexibility index (Phi) is 6.60. The second-order valence-corrected chi connectivity index (χ2v) is 4.48. The summed E-state index contributed by atoms with van der Waals surface area (Å²) >= 11 is 0. The molecule has 1 aromatic rings. The van der Waals surface area contributed by atoms with Gasteiger partial charge in [-0.15, -0.1) is 0 Å². The maximum atomic E-state index is 5.23. The zero-order chi connectivity index (χ0) is 12.5. The molecule has 0 aromatic carbocycles. The standard InChI is InChI=1S/C14H24N2O/c1-4-6-7-8-9-12(3)13-10-15-14(16-11-13)17-5-2/h10-12H,4-9H2,1-3H3. The molecule has 0 bridgehead atoms. The van der Waals surface area contributed by atoms with Crippen molar-refractivity contribution in [1.29, 1.82) is 0 Å². The number of unbranched alkanes of at least 4 members (excludes halogenated alkanes) is 3. The molecule has 0 aliphatic carbocycles. The first kappa shape index (κ1) is 13.9. The molecule has 3 heteroatoms. The first-order valence-electron chi connectivity index (χ1n) is 6.72. The van der Waals surface area contributed by atoms with Crippen LogP contribution in [0.25, 0.3) is 0 Å². The Labute approximate surface area is 105 Å². The monoisotopic (exact) mass is 236 g/mol. The molecule has 1 heterocycles. The van der Waals surface area contributed by atoms with E-state index in [0.717, 1.165) is 0 Å². The van der Waals surface area contributed by atoms with Crippen LogP contribution in [0.2, 0.25) is 0 Å². The molecule has 17 heavy (non-hydrogen) atoms. The molecule has 0 spiro atoms. The first-order chi connectivity index (χ1) is 8.27. The molecular formula is C14H24N2O. The van der Waals surface area contributed by atoms with Crippen LogP contribution in [-0.2, 0) is 0 Å². The van der Waals surface area contributed by atoms with E-state index in [1.807, 2.05) is 19.3 Å². The van der Waals surface area contributed by atoms with Crippen molar-refractivity contribution in [2.75, 3.05) is 6.61 Å². The topological polar surface area (TPSA) is 35.0 Å². The lowest BCUT2D eigenvalue weighted by Crippen LogP contribution is -2.00. The smallest absolute Gasteiger partial charge is 0.316 e. The number of hydrogen-bond acceptors (Lipinski definition) is 3. The zero-order valence-electron chi connectivity index (χ0n) is 11.3. The third-order valence-corrected chi connectivity index (χ3v) is 2.98. The molecule has 0 amide bonds. The van der Waals surface area contributed by atoms with E-state index in [1.54, 1.807) is 0 Å². The van der Waals surface area contributed by atoms with E-state index >= 15 is 0 Å². The number of aromatic nitrogens is 2. The molecule has 3 nitrogen and oxygen atoms in total. The van der Waals surface area contributed by atoms with Crippen molar-refractivity contribution in [1.82, 2.24) is 9.97 Å².